The van der Waals surface area contributed by atoms with Crippen LogP contribution in [0.5, 0.6) is 0 Å². The Morgan fingerprint density at radius 2 is 1.83 bits per heavy atom. The van der Waals surface area contributed by atoms with Gasteiger partial charge in [0.15, 0.2) is 0 Å². The minimum absolute atomic E-state index is 0.0883. The lowest BCUT2D eigenvalue weighted by atomic mass is 10.1. The maximum Gasteiger partial charge on any atom is 0.255 e. The van der Waals surface area contributed by atoms with Gasteiger partial charge in [-0.15, -0.1) is 0 Å². The molecule has 2 aromatic heterocycles. The molecule has 0 atom stereocenters. The normalized spacial score (nSPS) is 13.7. The Balaban J connectivity index is 1.48. The van der Waals surface area contributed by atoms with Gasteiger partial charge < -0.3 is 10.2 Å². The molecule has 1 saturated heterocycles. The van der Waals surface area contributed by atoms with Gasteiger partial charge in [-0.2, -0.15) is 5.10 Å². The van der Waals surface area contributed by atoms with Crippen LogP contribution in [-0.2, 0) is 13.1 Å². The quantitative estimate of drug-likeness (QED) is 0.701. The molecule has 1 fully saturated rings. The van der Waals surface area contributed by atoms with Crippen molar-refractivity contribution in [1.29, 1.82) is 0 Å². The Labute approximate surface area is 171 Å². The van der Waals surface area contributed by atoms with E-state index in [0.717, 1.165) is 55.2 Å². The van der Waals surface area contributed by atoms with Gasteiger partial charge in [-0.1, -0.05) is 30.3 Å². The smallest absolute Gasteiger partial charge is 0.255 e. The maximum absolute atomic E-state index is 12.9. The second-order valence-corrected chi connectivity index (χ2v) is 7.54. The van der Waals surface area contributed by atoms with Crippen LogP contribution in [-0.4, -0.2) is 33.8 Å². The van der Waals surface area contributed by atoms with E-state index in [2.05, 4.69) is 39.4 Å². The molecule has 1 amide bonds. The number of rotatable bonds is 6. The van der Waals surface area contributed by atoms with Crippen molar-refractivity contribution in [1.82, 2.24) is 20.1 Å². The van der Waals surface area contributed by atoms with Crippen molar-refractivity contribution in [2.24, 2.45) is 0 Å². The number of amides is 1. The Morgan fingerprint density at radius 1 is 1.07 bits per heavy atom. The van der Waals surface area contributed by atoms with Crippen LogP contribution >= 0.6 is 0 Å². The first-order valence-corrected chi connectivity index (χ1v) is 10.2. The van der Waals surface area contributed by atoms with Gasteiger partial charge in [-0.3, -0.25) is 9.48 Å². The Hall–Kier alpha value is -3.15. The van der Waals surface area contributed by atoms with Crippen molar-refractivity contribution < 1.29 is 4.79 Å². The van der Waals surface area contributed by atoms with Gasteiger partial charge in [-0.05, 0) is 44.4 Å². The number of carbonyl (C=O) groups excluding carboxylic acids is 1. The Kier molecular flexibility index (Phi) is 5.60. The van der Waals surface area contributed by atoms with Crippen molar-refractivity contribution in [3.05, 3.63) is 76.7 Å². The van der Waals surface area contributed by atoms with E-state index in [1.807, 2.05) is 41.9 Å². The largest absolute Gasteiger partial charge is 0.356 e. The van der Waals surface area contributed by atoms with Crippen molar-refractivity contribution >= 4 is 11.7 Å². The molecule has 3 heterocycles. The zero-order valence-electron chi connectivity index (χ0n) is 17.1. The average Bonchev–Trinajstić information content (AvgIpc) is 3.36. The van der Waals surface area contributed by atoms with Gasteiger partial charge in [0.25, 0.3) is 5.91 Å². The SMILES string of the molecule is Cc1nn(Cc2ccccc2)c(C)c1CNC(=O)c1cccnc1N1CCCC1. The molecule has 0 aliphatic carbocycles. The summed E-state index contributed by atoms with van der Waals surface area (Å²) in [5, 5.41) is 7.76. The third-order valence-electron chi connectivity index (χ3n) is 5.57. The lowest BCUT2D eigenvalue weighted by Crippen LogP contribution is -2.28. The first-order chi connectivity index (χ1) is 14.1. The van der Waals surface area contributed by atoms with Crippen molar-refractivity contribution in [2.75, 3.05) is 18.0 Å². The summed E-state index contributed by atoms with van der Waals surface area (Å²) in [5.41, 5.74) is 4.95. The summed E-state index contributed by atoms with van der Waals surface area (Å²) in [5.74, 6) is 0.699. The monoisotopic (exact) mass is 389 g/mol. The van der Waals surface area contributed by atoms with Crippen LogP contribution in [0.25, 0.3) is 0 Å². The molecule has 4 rings (SSSR count). The predicted molar refractivity (Wildman–Crippen MR) is 114 cm³/mol. The highest BCUT2D eigenvalue weighted by Gasteiger charge is 2.21. The number of hydrogen-bond donors (Lipinski definition) is 1. The number of aromatic nitrogens is 3. The number of pyridine rings is 1. The van der Waals surface area contributed by atoms with Crippen LogP contribution in [0.4, 0.5) is 5.82 Å². The maximum atomic E-state index is 12.9. The third-order valence-corrected chi connectivity index (χ3v) is 5.57. The molecule has 6 heteroatoms. The summed E-state index contributed by atoms with van der Waals surface area (Å²) in [6, 6.07) is 14.0. The molecule has 0 bridgehead atoms. The molecule has 6 nitrogen and oxygen atoms in total. The lowest BCUT2D eigenvalue weighted by molar-refractivity contribution is 0.0951. The van der Waals surface area contributed by atoms with Crippen LogP contribution in [0.3, 0.4) is 0 Å². The molecule has 29 heavy (non-hydrogen) atoms. The predicted octanol–water partition coefficient (Wildman–Crippen LogP) is 3.47. The fourth-order valence-electron chi connectivity index (χ4n) is 3.92. The first-order valence-electron chi connectivity index (χ1n) is 10.2. The molecule has 3 aromatic rings. The van der Waals surface area contributed by atoms with Crippen LogP contribution < -0.4 is 10.2 Å². The van der Waals surface area contributed by atoms with E-state index in [1.54, 1.807) is 6.20 Å². The molecule has 0 saturated carbocycles. The van der Waals surface area contributed by atoms with Crippen LogP contribution in [0, 0.1) is 13.8 Å². The van der Waals surface area contributed by atoms with E-state index in [9.17, 15) is 4.79 Å². The summed E-state index contributed by atoms with van der Waals surface area (Å²) in [4.78, 5) is 19.6. The molecule has 1 aliphatic heterocycles. The van der Waals surface area contributed by atoms with E-state index in [-0.39, 0.29) is 5.91 Å². The van der Waals surface area contributed by atoms with Gasteiger partial charge in [-0.25, -0.2) is 4.98 Å². The van der Waals surface area contributed by atoms with Crippen molar-refractivity contribution in [3.63, 3.8) is 0 Å². The molecule has 1 aliphatic rings. The summed E-state index contributed by atoms with van der Waals surface area (Å²) in [6.07, 6.45) is 4.06. The second-order valence-electron chi connectivity index (χ2n) is 7.54. The summed E-state index contributed by atoms with van der Waals surface area (Å²) < 4.78 is 2.01. The molecule has 1 aromatic carbocycles. The minimum Gasteiger partial charge on any atom is -0.356 e. The van der Waals surface area contributed by atoms with Crippen molar-refractivity contribution in [3.8, 4) is 0 Å². The molecular weight excluding hydrogens is 362 g/mol. The third kappa shape index (κ3) is 4.16. The number of nitrogens with zero attached hydrogens (tertiary/aromatic N) is 4. The zero-order chi connectivity index (χ0) is 20.2. The summed E-state index contributed by atoms with van der Waals surface area (Å²) in [6.45, 7) is 7.16. The molecule has 0 unspecified atom stereocenters. The fraction of sp³-hybridized carbons (Fsp3) is 0.348. The van der Waals surface area contributed by atoms with E-state index < -0.39 is 0 Å². The molecule has 0 spiro atoms. The molecule has 150 valence electrons. The summed E-state index contributed by atoms with van der Waals surface area (Å²) in [7, 11) is 0. The van der Waals surface area contributed by atoms with Crippen LogP contribution in [0.2, 0.25) is 0 Å². The van der Waals surface area contributed by atoms with E-state index >= 15 is 0 Å². The minimum atomic E-state index is -0.0883. The van der Waals surface area contributed by atoms with E-state index in [4.69, 9.17) is 0 Å². The first kappa shape index (κ1) is 19.2. The average molecular weight is 390 g/mol. The van der Waals surface area contributed by atoms with E-state index in [0.29, 0.717) is 12.1 Å². The highest BCUT2D eigenvalue weighted by Crippen LogP contribution is 2.22. The van der Waals surface area contributed by atoms with Crippen LogP contribution in [0.1, 0.15) is 45.7 Å². The summed E-state index contributed by atoms with van der Waals surface area (Å²) >= 11 is 0. The van der Waals surface area contributed by atoms with Gasteiger partial charge in [0.05, 0.1) is 17.8 Å². The number of benzene rings is 1. The second kappa shape index (κ2) is 8.47. The van der Waals surface area contributed by atoms with Gasteiger partial charge in [0.2, 0.25) is 0 Å². The van der Waals surface area contributed by atoms with Crippen LogP contribution in [0.15, 0.2) is 48.7 Å². The topological polar surface area (TPSA) is 63.1 Å². The zero-order valence-corrected chi connectivity index (χ0v) is 17.1. The molecule has 1 N–H and O–H groups in total. The highest BCUT2D eigenvalue weighted by atomic mass is 16.1. The number of anilines is 1. The standard InChI is InChI=1S/C23H27N5O/c1-17-21(18(2)28(26-17)16-19-9-4-3-5-10-19)15-25-23(29)20-11-8-12-24-22(20)27-13-6-7-14-27/h3-5,8-12H,6-7,13-16H2,1-2H3,(H,25,29). The highest BCUT2D eigenvalue weighted by molar-refractivity contribution is 5.98. The Morgan fingerprint density at radius 3 is 2.59 bits per heavy atom. The number of aryl methyl sites for hydroxylation is 1. The van der Waals surface area contributed by atoms with Gasteiger partial charge >= 0.3 is 0 Å². The van der Waals surface area contributed by atoms with Gasteiger partial charge in [0, 0.05) is 37.1 Å². The van der Waals surface area contributed by atoms with E-state index in [1.165, 1.54) is 5.56 Å². The molecular formula is C23H27N5O. The fourth-order valence-corrected chi connectivity index (χ4v) is 3.92. The number of nitrogens with one attached hydrogen (secondary N) is 1. The molecule has 0 radical (unpaired) electrons. The van der Waals surface area contributed by atoms with Crippen molar-refractivity contribution in [2.45, 2.75) is 39.8 Å². The lowest BCUT2D eigenvalue weighted by Gasteiger charge is -2.19. The van der Waals surface area contributed by atoms with Gasteiger partial charge in [0.1, 0.15) is 5.82 Å². The number of carbonyl (C=O) groups is 1. The Bertz CT molecular complexity index is 990. The number of hydrogen-bond acceptors (Lipinski definition) is 4.